The van der Waals surface area contributed by atoms with E-state index in [-0.39, 0.29) is 0 Å². The Labute approximate surface area is 119 Å². The molecule has 19 heavy (non-hydrogen) atoms. The van der Waals surface area contributed by atoms with Gasteiger partial charge < -0.3 is 10.6 Å². The molecule has 0 aromatic heterocycles. The standard InChI is InChI=1S/C12H23N3O2S2/c1-19(16,17)12(4-2-3-5-12)10-14-11(13)15-6-8-18-9-7-15/h2-10H2,1H3,(H2,13,14). The van der Waals surface area contributed by atoms with E-state index in [1.54, 1.807) is 0 Å². The minimum Gasteiger partial charge on any atom is -0.370 e. The van der Waals surface area contributed by atoms with E-state index >= 15 is 0 Å². The zero-order valence-electron chi connectivity index (χ0n) is 11.5. The number of hydrogen-bond acceptors (Lipinski definition) is 4. The minimum absolute atomic E-state index is 0.321. The maximum Gasteiger partial charge on any atom is 0.191 e. The first kappa shape index (κ1) is 15.0. The smallest absolute Gasteiger partial charge is 0.191 e. The van der Waals surface area contributed by atoms with Crippen molar-refractivity contribution in [3.63, 3.8) is 0 Å². The van der Waals surface area contributed by atoms with Crippen molar-refractivity contribution < 1.29 is 8.42 Å². The van der Waals surface area contributed by atoms with Crippen LogP contribution in [0.3, 0.4) is 0 Å². The second kappa shape index (κ2) is 5.91. The number of rotatable bonds is 3. The fourth-order valence-corrected chi connectivity index (χ4v) is 5.02. The number of nitrogens with zero attached hydrogens (tertiary/aromatic N) is 2. The van der Waals surface area contributed by atoms with Gasteiger partial charge in [-0.2, -0.15) is 11.8 Å². The molecular formula is C12H23N3O2S2. The molecule has 1 saturated carbocycles. The molecule has 2 aliphatic rings. The molecule has 1 aliphatic carbocycles. The Morgan fingerprint density at radius 3 is 2.42 bits per heavy atom. The van der Waals surface area contributed by atoms with E-state index in [2.05, 4.69) is 9.89 Å². The van der Waals surface area contributed by atoms with Gasteiger partial charge in [0.25, 0.3) is 0 Å². The van der Waals surface area contributed by atoms with Crippen LogP contribution in [0.4, 0.5) is 0 Å². The van der Waals surface area contributed by atoms with E-state index < -0.39 is 14.6 Å². The van der Waals surface area contributed by atoms with E-state index in [0.29, 0.717) is 12.5 Å². The predicted octanol–water partition coefficient (Wildman–Crippen LogP) is 0.707. The first-order valence-electron chi connectivity index (χ1n) is 6.77. The maximum absolute atomic E-state index is 12.0. The predicted molar refractivity (Wildman–Crippen MR) is 81.4 cm³/mol. The SMILES string of the molecule is CS(=O)(=O)C1(CN=C(N)N2CCSCC2)CCCC1. The highest BCUT2D eigenvalue weighted by atomic mass is 32.2. The van der Waals surface area contributed by atoms with E-state index in [1.807, 2.05) is 11.8 Å². The maximum atomic E-state index is 12.0. The fourth-order valence-electron chi connectivity index (χ4n) is 2.78. The minimum atomic E-state index is -3.08. The molecule has 2 rings (SSSR count). The number of nitrogens with two attached hydrogens (primary N) is 1. The lowest BCUT2D eigenvalue weighted by Crippen LogP contribution is -2.44. The van der Waals surface area contributed by atoms with Crippen molar-refractivity contribution in [2.24, 2.45) is 10.7 Å². The summed E-state index contributed by atoms with van der Waals surface area (Å²) in [7, 11) is -3.08. The molecule has 1 saturated heterocycles. The van der Waals surface area contributed by atoms with Crippen LogP contribution in [0.1, 0.15) is 25.7 Å². The van der Waals surface area contributed by atoms with Gasteiger partial charge in [-0.3, -0.25) is 4.99 Å². The molecule has 2 N–H and O–H groups in total. The molecule has 0 aromatic rings. The van der Waals surface area contributed by atoms with Crippen molar-refractivity contribution in [3.8, 4) is 0 Å². The normalized spacial score (nSPS) is 24.7. The molecule has 7 heteroatoms. The molecule has 0 aromatic carbocycles. The van der Waals surface area contributed by atoms with Gasteiger partial charge in [0.1, 0.15) is 0 Å². The highest BCUT2D eigenvalue weighted by molar-refractivity contribution is 7.99. The Morgan fingerprint density at radius 1 is 1.32 bits per heavy atom. The van der Waals surface area contributed by atoms with Crippen molar-refractivity contribution in [1.29, 1.82) is 0 Å². The van der Waals surface area contributed by atoms with E-state index in [9.17, 15) is 8.42 Å². The lowest BCUT2D eigenvalue weighted by molar-refractivity contribution is 0.451. The largest absolute Gasteiger partial charge is 0.370 e. The lowest BCUT2D eigenvalue weighted by Gasteiger charge is -2.29. The number of aliphatic imine (C=N–C) groups is 1. The quantitative estimate of drug-likeness (QED) is 0.614. The molecule has 0 unspecified atom stereocenters. The summed E-state index contributed by atoms with van der Waals surface area (Å²) in [5.74, 6) is 2.64. The number of thioether (sulfide) groups is 1. The van der Waals surface area contributed by atoms with Gasteiger partial charge in [0.2, 0.25) is 0 Å². The van der Waals surface area contributed by atoms with Gasteiger partial charge in [0.15, 0.2) is 15.8 Å². The second-order valence-corrected chi connectivity index (χ2v) is 9.07. The lowest BCUT2D eigenvalue weighted by atomic mass is 10.1. The van der Waals surface area contributed by atoms with Crippen LogP contribution < -0.4 is 5.73 Å². The van der Waals surface area contributed by atoms with Gasteiger partial charge in [-0.05, 0) is 12.8 Å². The topological polar surface area (TPSA) is 75.8 Å². The fraction of sp³-hybridized carbons (Fsp3) is 0.917. The van der Waals surface area contributed by atoms with Crippen LogP contribution >= 0.6 is 11.8 Å². The third-order valence-corrected chi connectivity index (χ3v) is 7.22. The van der Waals surface area contributed by atoms with Gasteiger partial charge in [0, 0.05) is 30.9 Å². The third-order valence-electron chi connectivity index (χ3n) is 4.17. The molecule has 5 nitrogen and oxygen atoms in total. The second-order valence-electron chi connectivity index (χ2n) is 5.44. The Bertz CT molecular complexity index is 436. The number of hydrogen-bond donors (Lipinski definition) is 1. The monoisotopic (exact) mass is 305 g/mol. The summed E-state index contributed by atoms with van der Waals surface area (Å²) in [6, 6.07) is 0. The summed E-state index contributed by atoms with van der Waals surface area (Å²) in [4.78, 5) is 6.46. The van der Waals surface area contributed by atoms with Gasteiger partial charge in [0.05, 0.1) is 11.3 Å². The third kappa shape index (κ3) is 3.37. The molecule has 0 bridgehead atoms. The zero-order valence-corrected chi connectivity index (χ0v) is 13.1. The molecule has 1 heterocycles. The van der Waals surface area contributed by atoms with Crippen LogP contribution in [0, 0.1) is 0 Å². The van der Waals surface area contributed by atoms with Crippen molar-refractivity contribution in [3.05, 3.63) is 0 Å². The molecule has 1 aliphatic heterocycles. The molecule has 2 fully saturated rings. The molecule has 0 radical (unpaired) electrons. The number of sulfone groups is 1. The van der Waals surface area contributed by atoms with E-state index in [0.717, 1.165) is 50.3 Å². The number of guanidine groups is 1. The van der Waals surface area contributed by atoms with Crippen molar-refractivity contribution >= 4 is 27.6 Å². The molecule has 0 spiro atoms. The average Bonchev–Trinajstić information content (AvgIpc) is 2.86. The first-order chi connectivity index (χ1) is 8.95. The van der Waals surface area contributed by atoms with Crippen LogP contribution in [0.5, 0.6) is 0 Å². The highest BCUT2D eigenvalue weighted by Gasteiger charge is 2.43. The highest BCUT2D eigenvalue weighted by Crippen LogP contribution is 2.36. The summed E-state index contributed by atoms with van der Waals surface area (Å²) in [6.45, 7) is 2.14. The van der Waals surface area contributed by atoms with E-state index in [1.165, 1.54) is 6.26 Å². The molecule has 110 valence electrons. The van der Waals surface area contributed by atoms with Gasteiger partial charge >= 0.3 is 0 Å². The Hall–Kier alpha value is -0.430. The summed E-state index contributed by atoms with van der Waals surface area (Å²) >= 11 is 1.91. The van der Waals surface area contributed by atoms with Crippen molar-refractivity contribution in [2.45, 2.75) is 30.4 Å². The summed E-state index contributed by atoms with van der Waals surface area (Å²) in [6.07, 6.45) is 4.73. The average molecular weight is 305 g/mol. The van der Waals surface area contributed by atoms with Crippen molar-refractivity contribution in [2.75, 3.05) is 37.4 Å². The summed E-state index contributed by atoms with van der Waals surface area (Å²) in [5, 5.41) is 0. The van der Waals surface area contributed by atoms with Crippen molar-refractivity contribution in [1.82, 2.24) is 4.90 Å². The van der Waals surface area contributed by atoms with E-state index in [4.69, 9.17) is 5.73 Å². The Morgan fingerprint density at radius 2 is 1.89 bits per heavy atom. The van der Waals surface area contributed by atoms with Crippen LogP contribution in [0.25, 0.3) is 0 Å². The molecular weight excluding hydrogens is 282 g/mol. The zero-order chi connectivity index (χ0) is 13.9. The first-order valence-corrected chi connectivity index (χ1v) is 9.81. The van der Waals surface area contributed by atoms with Crippen LogP contribution in [-0.4, -0.2) is 61.4 Å². The summed E-state index contributed by atoms with van der Waals surface area (Å²) < 4.78 is 23.4. The Balaban J connectivity index is 2.06. The summed E-state index contributed by atoms with van der Waals surface area (Å²) in [5.41, 5.74) is 6.00. The van der Waals surface area contributed by atoms with Gasteiger partial charge in [-0.25, -0.2) is 8.42 Å². The van der Waals surface area contributed by atoms with Crippen LogP contribution in [0.2, 0.25) is 0 Å². The van der Waals surface area contributed by atoms with Crippen LogP contribution in [0.15, 0.2) is 4.99 Å². The molecule has 0 atom stereocenters. The van der Waals surface area contributed by atoms with Gasteiger partial charge in [-0.1, -0.05) is 12.8 Å². The molecule has 0 amide bonds. The van der Waals surface area contributed by atoms with Crippen LogP contribution in [-0.2, 0) is 9.84 Å². The van der Waals surface area contributed by atoms with Gasteiger partial charge in [-0.15, -0.1) is 0 Å². The Kier molecular flexibility index (Phi) is 4.66.